The molecule has 1 fully saturated rings. The minimum Gasteiger partial charge on any atom is -0.495 e. The lowest BCUT2D eigenvalue weighted by Gasteiger charge is -2.36. The Morgan fingerprint density at radius 1 is 1.06 bits per heavy atom. The van der Waals surface area contributed by atoms with Crippen molar-refractivity contribution in [3.63, 3.8) is 0 Å². The summed E-state index contributed by atoms with van der Waals surface area (Å²) >= 11 is 7.70. The Bertz CT molecular complexity index is 1200. The number of nitrogens with zero attached hydrogens (tertiary/aromatic N) is 3. The van der Waals surface area contributed by atoms with Crippen LogP contribution >= 0.6 is 22.9 Å². The Labute approximate surface area is 192 Å². The third kappa shape index (κ3) is 4.43. The summed E-state index contributed by atoms with van der Waals surface area (Å²) in [5.74, 6) is 0.337. The first kappa shape index (κ1) is 22.1. The van der Waals surface area contributed by atoms with Gasteiger partial charge in [-0.3, -0.25) is 0 Å². The SMILES string of the molecule is COc1ccc(-c2csc(C)n2)cc1S(=O)(=O)N1CCN(c2cc(Cl)ccc2C)CC1. The van der Waals surface area contributed by atoms with E-state index < -0.39 is 10.0 Å². The standard InChI is InChI=1S/C22H24ClN3O3S2/c1-15-4-6-18(23)13-20(15)25-8-10-26(11-9-25)31(27,28)22-12-17(5-7-21(22)29-3)19-14-30-16(2)24-19/h4-7,12-14H,8-11H2,1-3H3. The molecule has 0 saturated carbocycles. The van der Waals surface area contributed by atoms with Crippen molar-refractivity contribution in [1.82, 2.24) is 9.29 Å². The zero-order valence-corrected chi connectivity index (χ0v) is 20.0. The van der Waals surface area contributed by atoms with E-state index in [-0.39, 0.29) is 4.90 Å². The second kappa shape index (κ2) is 8.78. The van der Waals surface area contributed by atoms with E-state index in [0.29, 0.717) is 37.0 Å². The summed E-state index contributed by atoms with van der Waals surface area (Å²) in [5.41, 5.74) is 3.69. The molecule has 6 nitrogen and oxygen atoms in total. The molecule has 9 heteroatoms. The number of aromatic nitrogens is 1. The summed E-state index contributed by atoms with van der Waals surface area (Å²) < 4.78 is 33.9. The molecule has 2 heterocycles. The number of rotatable bonds is 5. The van der Waals surface area contributed by atoms with Crippen LogP contribution in [-0.4, -0.2) is 51.0 Å². The van der Waals surface area contributed by atoms with E-state index in [0.717, 1.165) is 27.5 Å². The molecule has 1 saturated heterocycles. The molecule has 1 aromatic heterocycles. The maximum Gasteiger partial charge on any atom is 0.246 e. The lowest BCUT2D eigenvalue weighted by atomic mass is 10.1. The van der Waals surface area contributed by atoms with Crippen LogP contribution in [0, 0.1) is 13.8 Å². The van der Waals surface area contributed by atoms with Gasteiger partial charge in [0, 0.05) is 47.8 Å². The Morgan fingerprint density at radius 3 is 2.45 bits per heavy atom. The molecule has 0 bridgehead atoms. The number of methoxy groups -OCH3 is 1. The minimum absolute atomic E-state index is 0.172. The highest BCUT2D eigenvalue weighted by molar-refractivity contribution is 7.89. The van der Waals surface area contributed by atoms with Crippen LogP contribution in [0.2, 0.25) is 5.02 Å². The number of ether oxygens (including phenoxy) is 1. The van der Waals surface area contributed by atoms with Crippen LogP contribution in [0.25, 0.3) is 11.3 Å². The van der Waals surface area contributed by atoms with Gasteiger partial charge in [-0.2, -0.15) is 4.31 Å². The molecular weight excluding hydrogens is 454 g/mol. The molecule has 31 heavy (non-hydrogen) atoms. The van der Waals surface area contributed by atoms with Crippen molar-refractivity contribution in [3.05, 3.63) is 57.4 Å². The number of sulfonamides is 1. The lowest BCUT2D eigenvalue weighted by molar-refractivity contribution is 0.374. The molecule has 1 aliphatic rings. The van der Waals surface area contributed by atoms with E-state index in [1.165, 1.54) is 22.8 Å². The van der Waals surface area contributed by atoms with Gasteiger partial charge in [0.2, 0.25) is 10.0 Å². The summed E-state index contributed by atoms with van der Waals surface area (Å²) in [5, 5.41) is 3.54. The van der Waals surface area contributed by atoms with E-state index in [1.807, 2.05) is 43.5 Å². The van der Waals surface area contributed by atoms with E-state index in [2.05, 4.69) is 9.88 Å². The van der Waals surface area contributed by atoms with Crippen molar-refractivity contribution in [2.75, 3.05) is 38.2 Å². The van der Waals surface area contributed by atoms with Crippen LogP contribution in [0.3, 0.4) is 0 Å². The fourth-order valence-electron chi connectivity index (χ4n) is 3.77. The van der Waals surface area contributed by atoms with Crippen LogP contribution < -0.4 is 9.64 Å². The largest absolute Gasteiger partial charge is 0.495 e. The first-order valence-corrected chi connectivity index (χ1v) is 12.6. The summed E-state index contributed by atoms with van der Waals surface area (Å²) in [4.78, 5) is 6.83. The molecule has 2 aromatic carbocycles. The van der Waals surface area contributed by atoms with Crippen LogP contribution in [-0.2, 0) is 10.0 Å². The van der Waals surface area contributed by atoms with Crippen LogP contribution in [0.15, 0.2) is 46.7 Å². The van der Waals surface area contributed by atoms with Crippen molar-refractivity contribution in [2.45, 2.75) is 18.7 Å². The monoisotopic (exact) mass is 477 g/mol. The quantitative estimate of drug-likeness (QED) is 0.537. The Kier molecular flexibility index (Phi) is 6.25. The van der Waals surface area contributed by atoms with Gasteiger partial charge in [-0.1, -0.05) is 17.7 Å². The maximum absolute atomic E-state index is 13.5. The van der Waals surface area contributed by atoms with E-state index in [9.17, 15) is 8.42 Å². The molecule has 1 aliphatic heterocycles. The maximum atomic E-state index is 13.5. The average molecular weight is 478 g/mol. The number of hydrogen-bond acceptors (Lipinski definition) is 6. The van der Waals surface area contributed by atoms with Crippen LogP contribution in [0.5, 0.6) is 5.75 Å². The molecule has 0 amide bonds. The number of halogens is 1. The van der Waals surface area contributed by atoms with Gasteiger partial charge in [0.05, 0.1) is 17.8 Å². The van der Waals surface area contributed by atoms with Crippen molar-refractivity contribution in [1.29, 1.82) is 0 Å². The van der Waals surface area contributed by atoms with Crippen molar-refractivity contribution < 1.29 is 13.2 Å². The van der Waals surface area contributed by atoms with Gasteiger partial charge >= 0.3 is 0 Å². The molecule has 0 N–H and O–H groups in total. The summed E-state index contributed by atoms with van der Waals surface area (Å²) in [6.45, 7) is 5.91. The van der Waals surface area contributed by atoms with E-state index in [4.69, 9.17) is 16.3 Å². The van der Waals surface area contributed by atoms with E-state index >= 15 is 0 Å². The first-order valence-electron chi connectivity index (χ1n) is 9.91. The molecule has 164 valence electrons. The van der Waals surface area contributed by atoms with Crippen molar-refractivity contribution in [3.8, 4) is 17.0 Å². The van der Waals surface area contributed by atoms with Gasteiger partial charge in [-0.25, -0.2) is 13.4 Å². The molecular formula is C22H24ClN3O3S2. The minimum atomic E-state index is -3.72. The molecule has 0 atom stereocenters. The van der Waals surface area contributed by atoms with Gasteiger partial charge < -0.3 is 9.64 Å². The highest BCUT2D eigenvalue weighted by Crippen LogP contribution is 2.33. The molecule has 3 aromatic rings. The van der Waals surface area contributed by atoms with Gasteiger partial charge in [0.15, 0.2) is 0 Å². The average Bonchev–Trinajstić information content (AvgIpc) is 3.21. The second-order valence-corrected chi connectivity index (χ2v) is 10.8. The van der Waals surface area contributed by atoms with E-state index in [1.54, 1.807) is 12.1 Å². The summed E-state index contributed by atoms with van der Waals surface area (Å²) in [6, 6.07) is 11.0. The molecule has 4 rings (SSSR count). The molecule has 0 aliphatic carbocycles. The lowest BCUT2D eigenvalue weighted by Crippen LogP contribution is -2.48. The number of benzene rings is 2. The number of thiazole rings is 1. The Balaban J connectivity index is 1.60. The first-order chi connectivity index (χ1) is 14.8. The van der Waals surface area contributed by atoms with Crippen LogP contribution in [0.4, 0.5) is 5.69 Å². The Hall–Kier alpha value is -2.13. The number of hydrogen-bond donors (Lipinski definition) is 0. The zero-order chi connectivity index (χ0) is 22.2. The number of piperazine rings is 1. The predicted octanol–water partition coefficient (Wildman–Crippen LogP) is 4.60. The predicted molar refractivity (Wildman–Crippen MR) is 126 cm³/mol. The fourth-order valence-corrected chi connectivity index (χ4v) is 6.16. The molecule has 0 radical (unpaired) electrons. The fraction of sp³-hybridized carbons (Fsp3) is 0.318. The smallest absolute Gasteiger partial charge is 0.246 e. The van der Waals surface area contributed by atoms with Gasteiger partial charge in [-0.15, -0.1) is 11.3 Å². The number of aryl methyl sites for hydroxylation is 2. The Morgan fingerprint density at radius 2 is 1.81 bits per heavy atom. The van der Waals surface area contributed by atoms with Gasteiger partial charge in [-0.05, 0) is 49.7 Å². The summed E-state index contributed by atoms with van der Waals surface area (Å²) in [7, 11) is -2.23. The highest BCUT2D eigenvalue weighted by atomic mass is 35.5. The molecule has 0 unspecified atom stereocenters. The van der Waals surface area contributed by atoms with Gasteiger partial charge in [0.25, 0.3) is 0 Å². The zero-order valence-electron chi connectivity index (χ0n) is 17.6. The highest BCUT2D eigenvalue weighted by Gasteiger charge is 2.31. The number of anilines is 1. The second-order valence-electron chi connectivity index (χ2n) is 7.44. The van der Waals surface area contributed by atoms with Crippen molar-refractivity contribution >= 4 is 38.6 Å². The van der Waals surface area contributed by atoms with Gasteiger partial charge in [0.1, 0.15) is 10.6 Å². The van der Waals surface area contributed by atoms with Crippen LogP contribution in [0.1, 0.15) is 10.6 Å². The third-order valence-electron chi connectivity index (χ3n) is 5.45. The molecule has 0 spiro atoms. The topological polar surface area (TPSA) is 62.7 Å². The third-order valence-corrected chi connectivity index (χ3v) is 8.38. The van der Waals surface area contributed by atoms with Crippen molar-refractivity contribution in [2.24, 2.45) is 0 Å². The summed E-state index contributed by atoms with van der Waals surface area (Å²) in [6.07, 6.45) is 0. The normalized spacial score (nSPS) is 15.3.